The van der Waals surface area contributed by atoms with Crippen molar-refractivity contribution in [2.45, 2.75) is 71.3 Å². The van der Waals surface area contributed by atoms with Gasteiger partial charge in [-0.1, -0.05) is 45.2 Å². The van der Waals surface area contributed by atoms with Gasteiger partial charge in [0, 0.05) is 19.1 Å². The molecule has 1 N–H and O–H groups in total. The Hall–Kier alpha value is -2.28. The summed E-state index contributed by atoms with van der Waals surface area (Å²) in [6.45, 7) is 5.69. The highest BCUT2D eigenvalue weighted by molar-refractivity contribution is 5.91. The van der Waals surface area contributed by atoms with E-state index in [4.69, 9.17) is 4.42 Å². The molecule has 0 atom stereocenters. The smallest absolute Gasteiger partial charge is 0.416 e. The summed E-state index contributed by atoms with van der Waals surface area (Å²) < 4.78 is 44.4. The molecule has 7 heteroatoms. The van der Waals surface area contributed by atoms with Crippen LogP contribution >= 0.6 is 0 Å². The molecule has 4 nitrogen and oxygen atoms in total. The molecule has 1 aliphatic carbocycles. The van der Waals surface area contributed by atoms with Crippen molar-refractivity contribution in [1.29, 1.82) is 0 Å². The fourth-order valence-electron chi connectivity index (χ4n) is 3.96. The number of hydrogen-bond donors (Lipinski definition) is 1. The van der Waals surface area contributed by atoms with E-state index in [2.05, 4.69) is 10.2 Å². The van der Waals surface area contributed by atoms with E-state index in [1.54, 1.807) is 18.2 Å². The van der Waals surface area contributed by atoms with Gasteiger partial charge in [-0.05, 0) is 48.6 Å². The first-order valence-corrected chi connectivity index (χ1v) is 11.0. The number of carbonyl (C=O) groups is 1. The first-order chi connectivity index (χ1) is 14.7. The monoisotopic (exact) mass is 436 g/mol. The average Bonchev–Trinajstić information content (AvgIpc) is 3.20. The molecule has 1 aliphatic rings. The van der Waals surface area contributed by atoms with E-state index in [0.717, 1.165) is 43.4 Å². The number of amides is 1. The van der Waals surface area contributed by atoms with Gasteiger partial charge in [0.25, 0.3) is 5.91 Å². The van der Waals surface area contributed by atoms with Crippen LogP contribution in [-0.4, -0.2) is 23.4 Å². The number of furan rings is 1. The van der Waals surface area contributed by atoms with Crippen molar-refractivity contribution in [2.75, 3.05) is 6.54 Å². The molecule has 1 amide bonds. The second kappa shape index (κ2) is 10.4. The first kappa shape index (κ1) is 23.4. The predicted octanol–water partition coefficient (Wildman–Crippen LogP) is 6.02. The van der Waals surface area contributed by atoms with Crippen molar-refractivity contribution in [3.8, 4) is 0 Å². The maximum absolute atomic E-state index is 12.9. The van der Waals surface area contributed by atoms with Crippen LogP contribution in [0.5, 0.6) is 0 Å². The summed E-state index contributed by atoms with van der Waals surface area (Å²) in [6.07, 6.45) is 1.30. The highest BCUT2D eigenvalue weighted by atomic mass is 19.4. The molecule has 1 aromatic carbocycles. The Morgan fingerprint density at radius 3 is 2.35 bits per heavy atom. The molecular formula is C24H31F3N2O2. The van der Waals surface area contributed by atoms with Crippen molar-refractivity contribution < 1.29 is 22.4 Å². The molecule has 0 aliphatic heterocycles. The van der Waals surface area contributed by atoms with Crippen molar-refractivity contribution in [1.82, 2.24) is 10.2 Å². The van der Waals surface area contributed by atoms with Gasteiger partial charge in [-0.25, -0.2) is 0 Å². The Kier molecular flexibility index (Phi) is 7.81. The molecule has 2 aromatic rings. The van der Waals surface area contributed by atoms with Gasteiger partial charge in [0.15, 0.2) is 5.76 Å². The van der Waals surface area contributed by atoms with Gasteiger partial charge in [0.2, 0.25) is 0 Å². The molecular weight excluding hydrogens is 405 g/mol. The van der Waals surface area contributed by atoms with Crippen molar-refractivity contribution in [3.05, 3.63) is 59.0 Å². The van der Waals surface area contributed by atoms with Gasteiger partial charge in [0.1, 0.15) is 5.76 Å². The van der Waals surface area contributed by atoms with Crippen LogP contribution in [0.3, 0.4) is 0 Å². The zero-order chi connectivity index (χ0) is 22.4. The second-order valence-corrected chi connectivity index (χ2v) is 8.76. The van der Waals surface area contributed by atoms with Crippen LogP contribution in [0.4, 0.5) is 13.2 Å². The minimum Gasteiger partial charge on any atom is -0.455 e. The number of alkyl halides is 3. The lowest BCUT2D eigenvalue weighted by Crippen LogP contribution is -2.35. The predicted molar refractivity (Wildman–Crippen MR) is 113 cm³/mol. The van der Waals surface area contributed by atoms with E-state index in [1.165, 1.54) is 6.42 Å². The minimum absolute atomic E-state index is 0.230. The van der Waals surface area contributed by atoms with E-state index in [1.807, 2.05) is 19.9 Å². The fraction of sp³-hybridized carbons (Fsp3) is 0.542. The maximum atomic E-state index is 12.9. The van der Waals surface area contributed by atoms with Crippen LogP contribution in [0.15, 0.2) is 40.8 Å². The molecule has 1 saturated carbocycles. The highest BCUT2D eigenvalue weighted by Gasteiger charge is 2.30. The van der Waals surface area contributed by atoms with Gasteiger partial charge in [-0.15, -0.1) is 0 Å². The average molecular weight is 437 g/mol. The summed E-state index contributed by atoms with van der Waals surface area (Å²) in [4.78, 5) is 14.5. The van der Waals surface area contributed by atoms with Crippen molar-refractivity contribution >= 4 is 5.91 Å². The van der Waals surface area contributed by atoms with E-state index in [0.29, 0.717) is 37.4 Å². The molecule has 0 saturated heterocycles. The summed E-state index contributed by atoms with van der Waals surface area (Å²) in [5.41, 5.74) is 0.198. The molecule has 170 valence electrons. The summed E-state index contributed by atoms with van der Waals surface area (Å²) in [6, 6.07) is 9.21. The summed E-state index contributed by atoms with van der Waals surface area (Å²) in [5.74, 6) is 1.09. The van der Waals surface area contributed by atoms with E-state index in [9.17, 15) is 18.0 Å². The fourth-order valence-corrected chi connectivity index (χ4v) is 3.96. The number of halogens is 3. The van der Waals surface area contributed by atoms with E-state index < -0.39 is 11.7 Å². The Morgan fingerprint density at radius 2 is 1.74 bits per heavy atom. The molecule has 0 spiro atoms. The van der Waals surface area contributed by atoms with Gasteiger partial charge in [0.05, 0.1) is 12.1 Å². The number of carbonyl (C=O) groups excluding carboxylic acids is 1. The van der Waals surface area contributed by atoms with Crippen LogP contribution in [0, 0.1) is 5.92 Å². The number of nitrogens with one attached hydrogen (secondary N) is 1. The van der Waals surface area contributed by atoms with E-state index >= 15 is 0 Å². The Bertz CT molecular complexity index is 837. The number of hydrogen-bond acceptors (Lipinski definition) is 3. The first-order valence-electron chi connectivity index (χ1n) is 11.0. The van der Waals surface area contributed by atoms with Crippen LogP contribution in [0.1, 0.15) is 73.4 Å². The third-order valence-electron chi connectivity index (χ3n) is 5.67. The topological polar surface area (TPSA) is 45.5 Å². The number of nitrogens with zero attached hydrogens (tertiary/aromatic N) is 1. The lowest BCUT2D eigenvalue weighted by Gasteiger charge is -2.34. The number of rotatable bonds is 8. The molecule has 0 radical (unpaired) electrons. The summed E-state index contributed by atoms with van der Waals surface area (Å²) in [7, 11) is 0. The molecule has 1 aromatic heterocycles. The largest absolute Gasteiger partial charge is 0.455 e. The molecule has 1 fully saturated rings. The Balaban J connectivity index is 1.70. The Labute approximate surface area is 181 Å². The lowest BCUT2D eigenvalue weighted by atomic mass is 9.93. The minimum atomic E-state index is -4.33. The van der Waals surface area contributed by atoms with Crippen LogP contribution < -0.4 is 5.32 Å². The molecule has 0 bridgehead atoms. The maximum Gasteiger partial charge on any atom is 0.416 e. The van der Waals surface area contributed by atoms with Gasteiger partial charge in [-0.3, -0.25) is 9.69 Å². The van der Waals surface area contributed by atoms with Gasteiger partial charge >= 0.3 is 6.18 Å². The molecule has 3 rings (SSSR count). The second-order valence-electron chi connectivity index (χ2n) is 8.76. The van der Waals surface area contributed by atoms with Crippen LogP contribution in [0.25, 0.3) is 0 Å². The molecule has 0 unspecified atom stereocenters. The summed E-state index contributed by atoms with van der Waals surface area (Å²) in [5, 5.41) is 2.85. The summed E-state index contributed by atoms with van der Waals surface area (Å²) >= 11 is 0. The van der Waals surface area contributed by atoms with Gasteiger partial charge < -0.3 is 9.73 Å². The third-order valence-corrected chi connectivity index (χ3v) is 5.67. The normalized spacial score (nSPS) is 15.6. The quantitative estimate of drug-likeness (QED) is 0.550. The lowest BCUT2D eigenvalue weighted by molar-refractivity contribution is -0.137. The Morgan fingerprint density at radius 1 is 1.06 bits per heavy atom. The number of benzene rings is 1. The van der Waals surface area contributed by atoms with E-state index in [-0.39, 0.29) is 11.7 Å². The standard InChI is InChI=1S/C24H31F3N2O2/c1-17(2)14-28-23(30)22-13-12-21(31-22)16-29(20-6-4-3-5-7-20)15-18-8-10-19(11-9-18)24(25,26)27/h8-13,17,20H,3-7,14-16H2,1-2H3,(H,28,30). The van der Waals surface area contributed by atoms with Crippen molar-refractivity contribution in [2.24, 2.45) is 5.92 Å². The van der Waals surface area contributed by atoms with Crippen molar-refractivity contribution in [3.63, 3.8) is 0 Å². The van der Waals surface area contributed by atoms with Crippen LogP contribution in [0.2, 0.25) is 0 Å². The zero-order valence-electron chi connectivity index (χ0n) is 18.2. The SMILES string of the molecule is CC(C)CNC(=O)c1ccc(CN(Cc2ccc(C(F)(F)F)cc2)C2CCCCC2)o1. The third kappa shape index (κ3) is 6.86. The van der Waals surface area contributed by atoms with Gasteiger partial charge in [-0.2, -0.15) is 13.2 Å². The highest BCUT2D eigenvalue weighted by Crippen LogP contribution is 2.30. The molecule has 1 heterocycles. The molecule has 31 heavy (non-hydrogen) atoms. The zero-order valence-corrected chi connectivity index (χ0v) is 18.2. The van der Waals surface area contributed by atoms with Crippen LogP contribution in [-0.2, 0) is 19.3 Å².